The van der Waals surface area contributed by atoms with E-state index in [2.05, 4.69) is 0 Å². The van der Waals surface area contributed by atoms with E-state index in [0.29, 0.717) is 0 Å². The van der Waals surface area contributed by atoms with Crippen LogP contribution in [0, 0.1) is 11.6 Å². The van der Waals surface area contributed by atoms with Gasteiger partial charge in [0.15, 0.2) is 11.6 Å². The lowest BCUT2D eigenvalue weighted by Gasteiger charge is -2.05. The van der Waals surface area contributed by atoms with Crippen molar-refractivity contribution in [2.24, 2.45) is 0 Å². The lowest BCUT2D eigenvalue weighted by atomic mass is 9.81. The van der Waals surface area contributed by atoms with Gasteiger partial charge in [0.1, 0.15) is 0 Å². The highest BCUT2D eigenvalue weighted by Gasteiger charge is 2.26. The summed E-state index contributed by atoms with van der Waals surface area (Å²) < 4.78 is 51.2. The number of rotatable bonds is 1. The molecule has 0 amide bonds. The molecule has 0 unspecified atom stereocenters. The Morgan fingerprint density at radius 2 is 1.67 bits per heavy atom. The van der Waals surface area contributed by atoms with Crippen LogP contribution in [0.25, 0.3) is 10.8 Å². The molecule has 2 aromatic carbocycles. The highest BCUT2D eigenvalue weighted by molar-refractivity contribution is 6.63. The van der Waals surface area contributed by atoms with Crippen molar-refractivity contribution in [2.45, 2.75) is 0 Å². The lowest BCUT2D eigenvalue weighted by molar-refractivity contribution is 0.513. The third-order valence-corrected chi connectivity index (χ3v) is 2.20. The van der Waals surface area contributed by atoms with Crippen LogP contribution in [0.5, 0.6) is 0 Å². The highest BCUT2D eigenvalue weighted by Crippen LogP contribution is 2.17. The molecule has 0 aliphatic carbocycles. The van der Waals surface area contributed by atoms with Crippen LogP contribution in [0.15, 0.2) is 30.3 Å². The van der Waals surface area contributed by atoms with Crippen molar-refractivity contribution in [3.05, 3.63) is 42.0 Å². The first-order chi connectivity index (χ1) is 7.11. The molecule has 0 spiro atoms. The van der Waals surface area contributed by atoms with Crippen molar-refractivity contribution in [1.29, 1.82) is 0 Å². The van der Waals surface area contributed by atoms with Gasteiger partial charge in [0.25, 0.3) is 0 Å². The predicted octanol–water partition coefficient (Wildman–Crippen LogP) is 2.75. The predicted molar refractivity (Wildman–Crippen MR) is 51.5 cm³/mol. The van der Waals surface area contributed by atoms with Crippen LogP contribution in [-0.4, -0.2) is 7.27 Å². The maximum absolute atomic E-state index is 13.1. The Morgan fingerprint density at radius 1 is 1.00 bits per heavy atom. The Bertz CT molecular complexity index is 510. The molecule has 0 aliphatic heterocycles. The SMILES string of the molecule is FB(F)c1c(F)c(F)cc2ccccc12. The summed E-state index contributed by atoms with van der Waals surface area (Å²) in [4.78, 5) is 0. The third-order valence-electron chi connectivity index (χ3n) is 2.20. The summed E-state index contributed by atoms with van der Waals surface area (Å²) in [6.45, 7) is 0. The molecular weight excluding hydrogens is 207 g/mol. The molecule has 0 radical (unpaired) electrons. The standard InChI is InChI=1S/C10H5BF4/c12-8-5-6-3-1-2-4-7(6)9(10(8)13)11(14)15/h1-5H. The molecule has 0 aliphatic rings. The average Bonchev–Trinajstić information content (AvgIpc) is 2.19. The van der Waals surface area contributed by atoms with Gasteiger partial charge in [-0.1, -0.05) is 24.3 Å². The van der Waals surface area contributed by atoms with Crippen molar-refractivity contribution in [1.82, 2.24) is 0 Å². The molecule has 76 valence electrons. The zero-order chi connectivity index (χ0) is 11.0. The first kappa shape index (κ1) is 10.0. The quantitative estimate of drug-likeness (QED) is 0.503. The summed E-state index contributed by atoms with van der Waals surface area (Å²) >= 11 is 0. The van der Waals surface area contributed by atoms with Crippen LogP contribution in [0.4, 0.5) is 17.4 Å². The Kier molecular flexibility index (Phi) is 2.38. The second-order valence-electron chi connectivity index (χ2n) is 3.11. The van der Waals surface area contributed by atoms with Crippen molar-refractivity contribution in [3.8, 4) is 0 Å². The molecule has 0 bridgehead atoms. The van der Waals surface area contributed by atoms with E-state index < -0.39 is 24.4 Å². The zero-order valence-electron chi connectivity index (χ0n) is 7.48. The summed E-state index contributed by atoms with van der Waals surface area (Å²) in [6, 6.07) is 6.81. The molecule has 0 saturated heterocycles. The lowest BCUT2D eigenvalue weighted by Crippen LogP contribution is -2.26. The van der Waals surface area contributed by atoms with Gasteiger partial charge < -0.3 is 0 Å². The van der Waals surface area contributed by atoms with Gasteiger partial charge in [0, 0.05) is 5.46 Å². The van der Waals surface area contributed by atoms with Gasteiger partial charge in [-0.25, -0.2) is 8.78 Å². The van der Waals surface area contributed by atoms with Crippen molar-refractivity contribution >= 4 is 23.5 Å². The van der Waals surface area contributed by atoms with Crippen molar-refractivity contribution in [3.63, 3.8) is 0 Å². The molecule has 2 rings (SSSR count). The van der Waals surface area contributed by atoms with Gasteiger partial charge in [-0.15, -0.1) is 0 Å². The van der Waals surface area contributed by atoms with E-state index in [1.807, 2.05) is 0 Å². The number of fused-ring (bicyclic) bond motifs is 1. The first-order valence-corrected chi connectivity index (χ1v) is 4.26. The maximum atomic E-state index is 13.1. The molecule has 5 heteroatoms. The van der Waals surface area contributed by atoms with E-state index in [4.69, 9.17) is 0 Å². The number of hydrogen-bond acceptors (Lipinski definition) is 0. The minimum atomic E-state index is -3.02. The Balaban J connectivity index is 2.89. The molecular formula is C10H5BF4. The maximum Gasteiger partial charge on any atom is 0.575 e. The fraction of sp³-hybridized carbons (Fsp3) is 0. The molecule has 15 heavy (non-hydrogen) atoms. The van der Waals surface area contributed by atoms with Crippen LogP contribution in [-0.2, 0) is 0 Å². The third kappa shape index (κ3) is 1.58. The van der Waals surface area contributed by atoms with Crippen molar-refractivity contribution < 1.29 is 17.4 Å². The number of benzene rings is 2. The van der Waals surface area contributed by atoms with E-state index in [-0.39, 0.29) is 10.8 Å². The summed E-state index contributed by atoms with van der Waals surface area (Å²) in [7, 11) is -3.02. The van der Waals surface area contributed by atoms with Gasteiger partial charge >= 0.3 is 7.27 Å². The minimum absolute atomic E-state index is 0.0476. The largest absolute Gasteiger partial charge is 0.575 e. The summed E-state index contributed by atoms with van der Waals surface area (Å²) in [5.41, 5.74) is -0.870. The van der Waals surface area contributed by atoms with Crippen molar-refractivity contribution in [2.75, 3.05) is 0 Å². The van der Waals surface area contributed by atoms with E-state index >= 15 is 0 Å². The highest BCUT2D eigenvalue weighted by atomic mass is 19.2. The zero-order valence-corrected chi connectivity index (χ0v) is 7.48. The van der Waals surface area contributed by atoms with E-state index in [1.54, 1.807) is 6.07 Å². The number of hydrogen-bond donors (Lipinski definition) is 0. The van der Waals surface area contributed by atoms with Crippen LogP contribution in [0.2, 0.25) is 0 Å². The fourth-order valence-corrected chi connectivity index (χ4v) is 1.53. The molecule has 0 atom stereocenters. The number of halogens is 4. The van der Waals surface area contributed by atoms with E-state index in [1.165, 1.54) is 18.2 Å². The average molecular weight is 212 g/mol. The van der Waals surface area contributed by atoms with Crippen LogP contribution in [0.1, 0.15) is 0 Å². The van der Waals surface area contributed by atoms with Gasteiger partial charge in [0.05, 0.1) is 0 Å². The van der Waals surface area contributed by atoms with Gasteiger partial charge in [-0.05, 0) is 16.8 Å². The van der Waals surface area contributed by atoms with Gasteiger partial charge in [0.2, 0.25) is 0 Å². The Hall–Kier alpha value is -1.52. The molecule has 0 saturated carbocycles. The second-order valence-corrected chi connectivity index (χ2v) is 3.11. The summed E-state index contributed by atoms with van der Waals surface area (Å²) in [5, 5.41) is 0.318. The van der Waals surface area contributed by atoms with Crippen LogP contribution >= 0.6 is 0 Å². The normalized spacial score (nSPS) is 10.7. The van der Waals surface area contributed by atoms with Crippen LogP contribution < -0.4 is 5.46 Å². The summed E-state index contributed by atoms with van der Waals surface area (Å²) in [5.74, 6) is -2.72. The first-order valence-electron chi connectivity index (χ1n) is 4.26. The fourth-order valence-electron chi connectivity index (χ4n) is 1.53. The van der Waals surface area contributed by atoms with Gasteiger partial charge in [-0.2, -0.15) is 0 Å². The van der Waals surface area contributed by atoms with E-state index in [9.17, 15) is 17.4 Å². The summed E-state index contributed by atoms with van der Waals surface area (Å²) in [6.07, 6.45) is 0. The molecule has 0 N–H and O–H groups in total. The van der Waals surface area contributed by atoms with E-state index in [0.717, 1.165) is 6.07 Å². The monoisotopic (exact) mass is 212 g/mol. The topological polar surface area (TPSA) is 0 Å². The molecule has 0 aromatic heterocycles. The Labute approximate surface area is 83.7 Å². The second kappa shape index (κ2) is 3.57. The molecule has 0 nitrogen and oxygen atoms in total. The smallest absolute Gasteiger partial charge is 0.281 e. The molecule has 0 fully saturated rings. The van der Waals surface area contributed by atoms with Gasteiger partial charge in [-0.3, -0.25) is 8.63 Å². The minimum Gasteiger partial charge on any atom is -0.281 e. The van der Waals surface area contributed by atoms with Crippen LogP contribution in [0.3, 0.4) is 0 Å². The molecule has 0 heterocycles. The Morgan fingerprint density at radius 3 is 2.33 bits per heavy atom. The molecule has 2 aromatic rings.